The molecule has 0 N–H and O–H groups in total. The van der Waals surface area contributed by atoms with Crippen molar-refractivity contribution in [2.24, 2.45) is 17.8 Å². The standard InChI is InChI=1S/C17H26O3/c1-3-17(4-2,15-6-5-9-19-15)20-16(18)14-11-12-7-8-13(14)10-12/h7-8,12-15H,3-6,9-11H2,1-2H3. The highest BCUT2D eigenvalue weighted by atomic mass is 16.6. The predicted molar refractivity (Wildman–Crippen MR) is 77.2 cm³/mol. The summed E-state index contributed by atoms with van der Waals surface area (Å²) >= 11 is 0. The number of carbonyl (C=O) groups is 1. The lowest BCUT2D eigenvalue weighted by Gasteiger charge is -2.37. The van der Waals surface area contributed by atoms with Crippen LogP contribution < -0.4 is 0 Å². The first kappa shape index (κ1) is 14.1. The van der Waals surface area contributed by atoms with Crippen LogP contribution in [-0.2, 0) is 14.3 Å². The maximum atomic E-state index is 12.6. The van der Waals surface area contributed by atoms with Crippen LogP contribution in [0.4, 0.5) is 0 Å². The average molecular weight is 278 g/mol. The summed E-state index contributed by atoms with van der Waals surface area (Å²) in [4.78, 5) is 12.6. The molecular formula is C17H26O3. The van der Waals surface area contributed by atoms with Gasteiger partial charge in [-0.15, -0.1) is 0 Å². The van der Waals surface area contributed by atoms with E-state index in [0.29, 0.717) is 11.8 Å². The molecule has 1 saturated carbocycles. The van der Waals surface area contributed by atoms with Crippen molar-refractivity contribution in [3.8, 4) is 0 Å². The van der Waals surface area contributed by atoms with Crippen LogP contribution in [0.5, 0.6) is 0 Å². The highest BCUT2D eigenvalue weighted by Gasteiger charge is 2.46. The SMILES string of the molecule is CCC(CC)(OC(=O)C1CC2C=CC1C2)C1CCCO1. The Labute approximate surface area is 121 Å². The molecule has 0 spiro atoms. The van der Waals surface area contributed by atoms with Crippen molar-refractivity contribution in [1.82, 2.24) is 0 Å². The average Bonchev–Trinajstić information content (AvgIpc) is 3.20. The quantitative estimate of drug-likeness (QED) is 0.570. The Morgan fingerprint density at radius 3 is 2.60 bits per heavy atom. The van der Waals surface area contributed by atoms with Gasteiger partial charge in [-0.05, 0) is 50.4 Å². The Balaban J connectivity index is 1.69. The van der Waals surface area contributed by atoms with Crippen LogP contribution in [-0.4, -0.2) is 24.3 Å². The lowest BCUT2D eigenvalue weighted by molar-refractivity contribution is -0.182. The summed E-state index contributed by atoms with van der Waals surface area (Å²) in [5.41, 5.74) is -0.404. The number of rotatable bonds is 5. The molecular weight excluding hydrogens is 252 g/mol. The molecule has 2 bridgehead atoms. The van der Waals surface area contributed by atoms with Crippen molar-refractivity contribution in [3.05, 3.63) is 12.2 Å². The van der Waals surface area contributed by atoms with Crippen molar-refractivity contribution >= 4 is 5.97 Å². The molecule has 3 aliphatic rings. The van der Waals surface area contributed by atoms with Crippen LogP contribution in [0, 0.1) is 17.8 Å². The van der Waals surface area contributed by atoms with Crippen LogP contribution >= 0.6 is 0 Å². The van der Waals surface area contributed by atoms with Gasteiger partial charge in [0.1, 0.15) is 5.60 Å². The highest BCUT2D eigenvalue weighted by Crippen LogP contribution is 2.45. The van der Waals surface area contributed by atoms with E-state index in [4.69, 9.17) is 9.47 Å². The lowest BCUT2D eigenvalue weighted by Crippen LogP contribution is -2.46. The second-order valence-corrected chi connectivity index (χ2v) is 6.58. The van der Waals surface area contributed by atoms with E-state index in [-0.39, 0.29) is 18.0 Å². The van der Waals surface area contributed by atoms with E-state index in [1.807, 2.05) is 0 Å². The fourth-order valence-electron chi connectivity index (χ4n) is 4.24. The summed E-state index contributed by atoms with van der Waals surface area (Å²) in [7, 11) is 0. The molecule has 0 aromatic heterocycles. The molecule has 0 radical (unpaired) electrons. The van der Waals surface area contributed by atoms with Crippen LogP contribution in [0.25, 0.3) is 0 Å². The molecule has 20 heavy (non-hydrogen) atoms. The zero-order chi connectivity index (χ0) is 14.2. The maximum absolute atomic E-state index is 12.6. The normalized spacial score (nSPS) is 35.7. The predicted octanol–water partition coefficient (Wildman–Crippen LogP) is 3.48. The minimum Gasteiger partial charge on any atom is -0.456 e. The van der Waals surface area contributed by atoms with Crippen molar-refractivity contribution < 1.29 is 14.3 Å². The summed E-state index contributed by atoms with van der Waals surface area (Å²) in [6, 6.07) is 0. The summed E-state index contributed by atoms with van der Waals surface area (Å²) in [6.07, 6.45) is 10.5. The number of carbonyl (C=O) groups excluding carboxylic acids is 1. The fraction of sp³-hybridized carbons (Fsp3) is 0.824. The Bertz CT molecular complexity index is 391. The molecule has 0 amide bonds. The number of esters is 1. The van der Waals surface area contributed by atoms with Gasteiger partial charge >= 0.3 is 5.97 Å². The van der Waals surface area contributed by atoms with Gasteiger partial charge in [0.05, 0.1) is 12.0 Å². The summed E-state index contributed by atoms with van der Waals surface area (Å²) in [6.45, 7) is 5.03. The van der Waals surface area contributed by atoms with Gasteiger partial charge in [-0.3, -0.25) is 4.79 Å². The van der Waals surface area contributed by atoms with Gasteiger partial charge in [0.25, 0.3) is 0 Å². The Morgan fingerprint density at radius 2 is 2.10 bits per heavy atom. The number of ether oxygens (including phenoxy) is 2. The number of allylic oxidation sites excluding steroid dienone is 2. The first-order chi connectivity index (χ1) is 9.68. The minimum absolute atomic E-state index is 0.0149. The van der Waals surface area contributed by atoms with Gasteiger partial charge in [0.15, 0.2) is 0 Å². The molecule has 112 valence electrons. The first-order valence-electron chi connectivity index (χ1n) is 8.21. The third-order valence-corrected chi connectivity index (χ3v) is 5.60. The highest BCUT2D eigenvalue weighted by molar-refractivity contribution is 5.74. The van der Waals surface area contributed by atoms with E-state index in [1.165, 1.54) is 0 Å². The van der Waals surface area contributed by atoms with Gasteiger partial charge in [-0.25, -0.2) is 0 Å². The van der Waals surface area contributed by atoms with E-state index in [1.54, 1.807) is 0 Å². The molecule has 4 unspecified atom stereocenters. The van der Waals surface area contributed by atoms with Crippen molar-refractivity contribution in [2.45, 2.75) is 64.1 Å². The fourth-order valence-corrected chi connectivity index (χ4v) is 4.24. The van der Waals surface area contributed by atoms with Gasteiger partial charge < -0.3 is 9.47 Å². The Morgan fingerprint density at radius 1 is 1.30 bits per heavy atom. The van der Waals surface area contributed by atoms with Gasteiger partial charge in [0, 0.05) is 6.61 Å². The van der Waals surface area contributed by atoms with E-state index >= 15 is 0 Å². The molecule has 1 saturated heterocycles. The largest absolute Gasteiger partial charge is 0.456 e. The van der Waals surface area contributed by atoms with E-state index < -0.39 is 5.60 Å². The molecule has 1 aliphatic heterocycles. The molecule has 3 nitrogen and oxygen atoms in total. The third-order valence-electron chi connectivity index (χ3n) is 5.60. The first-order valence-corrected chi connectivity index (χ1v) is 8.21. The number of fused-ring (bicyclic) bond motifs is 2. The molecule has 2 aliphatic carbocycles. The lowest BCUT2D eigenvalue weighted by atomic mass is 9.87. The Hall–Kier alpha value is -0.830. The molecule has 3 heteroatoms. The smallest absolute Gasteiger partial charge is 0.310 e. The second kappa shape index (κ2) is 5.51. The van der Waals surface area contributed by atoms with Crippen molar-refractivity contribution in [1.29, 1.82) is 0 Å². The van der Waals surface area contributed by atoms with Crippen LogP contribution in [0.1, 0.15) is 52.4 Å². The van der Waals surface area contributed by atoms with Crippen LogP contribution in [0.15, 0.2) is 12.2 Å². The topological polar surface area (TPSA) is 35.5 Å². The summed E-state index contributed by atoms with van der Waals surface area (Å²) < 4.78 is 11.9. The molecule has 0 aromatic rings. The monoisotopic (exact) mass is 278 g/mol. The Kier molecular flexibility index (Phi) is 3.89. The molecule has 0 aromatic carbocycles. The number of hydrogen-bond donors (Lipinski definition) is 0. The third kappa shape index (κ3) is 2.30. The number of hydrogen-bond acceptors (Lipinski definition) is 3. The van der Waals surface area contributed by atoms with Gasteiger partial charge in [-0.1, -0.05) is 26.0 Å². The second-order valence-electron chi connectivity index (χ2n) is 6.58. The van der Waals surface area contributed by atoms with Crippen molar-refractivity contribution in [2.75, 3.05) is 6.61 Å². The zero-order valence-electron chi connectivity index (χ0n) is 12.6. The molecule has 4 atom stereocenters. The van der Waals surface area contributed by atoms with Crippen LogP contribution in [0.3, 0.4) is 0 Å². The van der Waals surface area contributed by atoms with E-state index in [9.17, 15) is 4.79 Å². The maximum Gasteiger partial charge on any atom is 0.310 e. The van der Waals surface area contributed by atoms with E-state index in [2.05, 4.69) is 26.0 Å². The molecule has 3 rings (SSSR count). The van der Waals surface area contributed by atoms with E-state index in [0.717, 1.165) is 45.1 Å². The zero-order valence-corrected chi connectivity index (χ0v) is 12.6. The molecule has 2 fully saturated rings. The van der Waals surface area contributed by atoms with Crippen LogP contribution in [0.2, 0.25) is 0 Å². The van der Waals surface area contributed by atoms with Gasteiger partial charge in [-0.2, -0.15) is 0 Å². The minimum atomic E-state index is -0.404. The van der Waals surface area contributed by atoms with Gasteiger partial charge in [0.2, 0.25) is 0 Å². The molecule has 1 heterocycles. The van der Waals surface area contributed by atoms with Crippen molar-refractivity contribution in [3.63, 3.8) is 0 Å². The summed E-state index contributed by atoms with van der Waals surface area (Å²) in [5.74, 6) is 1.13. The summed E-state index contributed by atoms with van der Waals surface area (Å²) in [5, 5.41) is 0.